The van der Waals surface area contributed by atoms with Crippen LogP contribution in [0.5, 0.6) is 0 Å². The van der Waals surface area contributed by atoms with E-state index in [-0.39, 0.29) is 17.6 Å². The number of nitrogens with one attached hydrogen (secondary N) is 4. The number of rotatable bonds is 7. The van der Waals surface area contributed by atoms with Gasteiger partial charge in [-0.1, -0.05) is 26.0 Å². The maximum atomic E-state index is 12.9. The molecule has 2 amide bonds. The van der Waals surface area contributed by atoms with Crippen molar-refractivity contribution >= 4 is 23.2 Å². The number of carbonyl (C=O) groups excluding carboxylic acids is 2. The van der Waals surface area contributed by atoms with Crippen molar-refractivity contribution in [3.05, 3.63) is 59.9 Å². The highest BCUT2D eigenvalue weighted by molar-refractivity contribution is 5.92. The number of amides is 2. The van der Waals surface area contributed by atoms with Crippen molar-refractivity contribution in [1.29, 1.82) is 0 Å². The molecule has 160 valence electrons. The summed E-state index contributed by atoms with van der Waals surface area (Å²) in [7, 11) is 0. The first kappa shape index (κ1) is 21.9. The second kappa shape index (κ2) is 10.3. The van der Waals surface area contributed by atoms with E-state index in [1.807, 2.05) is 24.3 Å². The summed E-state index contributed by atoms with van der Waals surface area (Å²) >= 11 is 0. The van der Waals surface area contributed by atoms with Gasteiger partial charge in [0.05, 0.1) is 0 Å². The molecule has 0 radical (unpaired) electrons. The van der Waals surface area contributed by atoms with E-state index in [0.29, 0.717) is 24.7 Å². The normalized spacial score (nSPS) is 18.8. The Hall–Kier alpha value is -2.77. The third kappa shape index (κ3) is 6.64. The molecule has 1 heterocycles. The largest absolute Gasteiger partial charge is 0.321 e. The molecular formula is C23H31FN4O2+2. The summed E-state index contributed by atoms with van der Waals surface area (Å²) in [4.78, 5) is 27.0. The lowest BCUT2D eigenvalue weighted by Gasteiger charge is -2.29. The van der Waals surface area contributed by atoms with Gasteiger partial charge in [0.1, 0.15) is 32.0 Å². The fourth-order valence-corrected chi connectivity index (χ4v) is 3.66. The monoisotopic (exact) mass is 414 g/mol. The Morgan fingerprint density at radius 3 is 1.60 bits per heavy atom. The Kier molecular flexibility index (Phi) is 7.54. The van der Waals surface area contributed by atoms with Crippen LogP contribution in [-0.2, 0) is 9.59 Å². The van der Waals surface area contributed by atoms with Crippen LogP contribution in [-0.4, -0.2) is 51.1 Å². The predicted molar refractivity (Wildman–Crippen MR) is 115 cm³/mol. The molecule has 1 aliphatic heterocycles. The van der Waals surface area contributed by atoms with Gasteiger partial charge in [-0.2, -0.15) is 0 Å². The van der Waals surface area contributed by atoms with Gasteiger partial charge in [0.25, 0.3) is 11.8 Å². The van der Waals surface area contributed by atoms with Crippen molar-refractivity contribution in [2.45, 2.75) is 19.8 Å². The van der Waals surface area contributed by atoms with Gasteiger partial charge in [-0.15, -0.1) is 0 Å². The zero-order valence-electron chi connectivity index (χ0n) is 17.6. The molecule has 1 fully saturated rings. The predicted octanol–water partition coefficient (Wildman–Crippen LogP) is 0.310. The van der Waals surface area contributed by atoms with E-state index in [0.717, 1.165) is 31.9 Å². The molecule has 0 bridgehead atoms. The molecule has 0 atom stereocenters. The lowest BCUT2D eigenvalue weighted by Crippen LogP contribution is -3.28. The van der Waals surface area contributed by atoms with E-state index in [9.17, 15) is 14.0 Å². The van der Waals surface area contributed by atoms with Gasteiger partial charge in [0.15, 0.2) is 13.1 Å². The Balaban J connectivity index is 1.38. The number of carbonyl (C=O) groups is 2. The van der Waals surface area contributed by atoms with E-state index in [1.165, 1.54) is 27.5 Å². The van der Waals surface area contributed by atoms with Gasteiger partial charge in [-0.05, 0) is 47.9 Å². The molecule has 0 unspecified atom stereocenters. The SMILES string of the molecule is CC(C)c1ccc(NC(=O)C[NH+]2CC[NH+](CC(=O)Nc3ccc(F)cc3)CC2)cc1. The minimum absolute atomic E-state index is 0.0137. The molecule has 0 spiro atoms. The minimum atomic E-state index is -0.325. The number of benzene rings is 2. The summed E-state index contributed by atoms with van der Waals surface area (Å²) < 4.78 is 12.9. The maximum absolute atomic E-state index is 12.9. The first-order chi connectivity index (χ1) is 14.4. The lowest BCUT2D eigenvalue weighted by molar-refractivity contribution is -1.00. The maximum Gasteiger partial charge on any atom is 0.279 e. The smallest absolute Gasteiger partial charge is 0.279 e. The van der Waals surface area contributed by atoms with E-state index in [2.05, 4.69) is 24.5 Å². The van der Waals surface area contributed by atoms with E-state index >= 15 is 0 Å². The van der Waals surface area contributed by atoms with Gasteiger partial charge >= 0.3 is 0 Å². The second-order valence-corrected chi connectivity index (χ2v) is 8.23. The van der Waals surface area contributed by atoms with Gasteiger partial charge in [0.2, 0.25) is 0 Å². The fourth-order valence-electron chi connectivity index (χ4n) is 3.66. The zero-order valence-corrected chi connectivity index (χ0v) is 17.6. The number of piperazine rings is 1. The summed E-state index contributed by atoms with van der Waals surface area (Å²) in [6, 6.07) is 13.8. The molecule has 1 saturated heterocycles. The van der Waals surface area contributed by atoms with Crippen LogP contribution in [0.3, 0.4) is 0 Å². The summed E-state index contributed by atoms with van der Waals surface area (Å²) in [5, 5.41) is 5.77. The third-order valence-corrected chi connectivity index (χ3v) is 5.47. The van der Waals surface area contributed by atoms with Crippen molar-refractivity contribution < 1.29 is 23.8 Å². The average molecular weight is 415 g/mol. The van der Waals surface area contributed by atoms with Crippen LogP contribution < -0.4 is 20.4 Å². The highest BCUT2D eigenvalue weighted by Gasteiger charge is 2.26. The Labute approximate surface area is 177 Å². The zero-order chi connectivity index (χ0) is 21.5. The van der Waals surface area contributed by atoms with E-state index in [1.54, 1.807) is 12.1 Å². The lowest BCUT2D eigenvalue weighted by atomic mass is 10.0. The molecule has 6 nitrogen and oxygen atoms in total. The first-order valence-electron chi connectivity index (χ1n) is 10.5. The molecule has 0 aliphatic carbocycles. The minimum Gasteiger partial charge on any atom is -0.321 e. The molecule has 2 aromatic carbocycles. The van der Waals surface area contributed by atoms with Crippen molar-refractivity contribution in [3.63, 3.8) is 0 Å². The summed E-state index contributed by atoms with van der Waals surface area (Å²) in [5.74, 6) is 0.0764. The van der Waals surface area contributed by atoms with Gasteiger partial charge < -0.3 is 20.4 Å². The topological polar surface area (TPSA) is 67.1 Å². The molecule has 0 saturated carbocycles. The third-order valence-electron chi connectivity index (χ3n) is 5.47. The Bertz CT molecular complexity index is 845. The van der Waals surface area contributed by atoms with Crippen molar-refractivity contribution in [2.24, 2.45) is 0 Å². The quantitative estimate of drug-likeness (QED) is 0.527. The Morgan fingerprint density at radius 1 is 0.800 bits per heavy atom. The molecule has 2 aromatic rings. The molecule has 0 aromatic heterocycles. The van der Waals surface area contributed by atoms with E-state index < -0.39 is 0 Å². The molecule has 4 N–H and O–H groups in total. The molecule has 7 heteroatoms. The summed E-state index contributed by atoms with van der Waals surface area (Å²) in [6.07, 6.45) is 0. The second-order valence-electron chi connectivity index (χ2n) is 8.23. The van der Waals surface area contributed by atoms with Gasteiger partial charge in [-0.3, -0.25) is 9.59 Å². The summed E-state index contributed by atoms with van der Waals surface area (Å²) in [6.45, 7) is 8.46. The van der Waals surface area contributed by atoms with Crippen LogP contribution in [0.25, 0.3) is 0 Å². The van der Waals surface area contributed by atoms with Crippen molar-refractivity contribution in [1.82, 2.24) is 0 Å². The van der Waals surface area contributed by atoms with Crippen molar-refractivity contribution in [3.8, 4) is 0 Å². The number of halogens is 1. The highest BCUT2D eigenvalue weighted by atomic mass is 19.1. The summed E-state index contributed by atoms with van der Waals surface area (Å²) in [5.41, 5.74) is 2.68. The van der Waals surface area contributed by atoms with Crippen molar-refractivity contribution in [2.75, 3.05) is 49.9 Å². The molecule has 3 rings (SSSR count). The number of anilines is 2. The van der Waals surface area contributed by atoms with Crippen LogP contribution in [0, 0.1) is 5.82 Å². The van der Waals surface area contributed by atoms with Crippen LogP contribution in [0.1, 0.15) is 25.3 Å². The molecular weight excluding hydrogens is 383 g/mol. The highest BCUT2D eigenvalue weighted by Crippen LogP contribution is 2.16. The van der Waals surface area contributed by atoms with Crippen LogP contribution in [0.2, 0.25) is 0 Å². The Morgan fingerprint density at radius 2 is 1.20 bits per heavy atom. The van der Waals surface area contributed by atoms with Gasteiger partial charge in [0, 0.05) is 11.4 Å². The molecule has 30 heavy (non-hydrogen) atoms. The first-order valence-corrected chi connectivity index (χ1v) is 10.5. The number of hydrogen-bond acceptors (Lipinski definition) is 2. The van der Waals surface area contributed by atoms with Crippen LogP contribution >= 0.6 is 0 Å². The number of hydrogen-bond donors (Lipinski definition) is 4. The average Bonchev–Trinajstić information content (AvgIpc) is 2.71. The van der Waals surface area contributed by atoms with Gasteiger partial charge in [-0.25, -0.2) is 4.39 Å². The number of quaternary nitrogens is 2. The van der Waals surface area contributed by atoms with E-state index in [4.69, 9.17) is 0 Å². The standard InChI is InChI=1S/C23H29FN4O2/c1-17(2)18-3-7-20(8-4-18)25-22(29)15-27-11-13-28(14-12-27)16-23(30)26-21-9-5-19(24)6-10-21/h3-10,17H,11-16H2,1-2H3,(H,25,29)(H,26,30)/p+2. The molecule has 1 aliphatic rings. The van der Waals surface area contributed by atoms with Crippen LogP contribution in [0.15, 0.2) is 48.5 Å². The fraction of sp³-hybridized carbons (Fsp3) is 0.391. The van der Waals surface area contributed by atoms with Crippen LogP contribution in [0.4, 0.5) is 15.8 Å².